The van der Waals surface area contributed by atoms with E-state index in [4.69, 9.17) is 12.2 Å². The summed E-state index contributed by atoms with van der Waals surface area (Å²) >= 11 is 5.21. The molecule has 7 heteroatoms. The number of imidazole rings is 1. The van der Waals surface area contributed by atoms with E-state index in [1.165, 1.54) is 0 Å². The van der Waals surface area contributed by atoms with Gasteiger partial charge in [-0.1, -0.05) is 6.92 Å². The van der Waals surface area contributed by atoms with Crippen molar-refractivity contribution in [1.29, 1.82) is 0 Å². The van der Waals surface area contributed by atoms with Crippen LogP contribution in [-0.2, 0) is 16.4 Å². The van der Waals surface area contributed by atoms with E-state index in [0.717, 1.165) is 11.1 Å². The molecule has 0 unspecified atom stereocenters. The van der Waals surface area contributed by atoms with Gasteiger partial charge in [-0.05, 0) is 30.8 Å². The lowest BCUT2D eigenvalue weighted by Gasteiger charge is -2.04. The number of aromatic nitrogens is 3. The topological polar surface area (TPSA) is 67.8 Å². The average molecular weight is 285 g/mol. The predicted molar refractivity (Wildman–Crippen MR) is 74.0 cm³/mol. The summed E-state index contributed by atoms with van der Waals surface area (Å²) in [6.45, 7) is 3.94. The summed E-state index contributed by atoms with van der Waals surface area (Å²) in [6.07, 6.45) is 1.70. The molecule has 0 fully saturated rings. The fraction of sp³-hybridized carbons (Fsp3) is 0.455. The summed E-state index contributed by atoms with van der Waals surface area (Å²) in [7, 11) is -3.00. The Morgan fingerprint density at radius 1 is 1.50 bits per heavy atom. The van der Waals surface area contributed by atoms with Gasteiger partial charge in [-0.2, -0.15) is 0 Å². The van der Waals surface area contributed by atoms with E-state index in [-0.39, 0.29) is 11.5 Å². The number of pyridine rings is 1. The quantitative estimate of drug-likeness (QED) is 0.870. The molecule has 2 aromatic heterocycles. The molecule has 0 aromatic carbocycles. The van der Waals surface area contributed by atoms with Crippen LogP contribution in [-0.4, -0.2) is 34.5 Å². The lowest BCUT2D eigenvalue weighted by Crippen LogP contribution is -2.14. The van der Waals surface area contributed by atoms with Crippen LogP contribution < -0.4 is 0 Å². The highest BCUT2D eigenvalue weighted by molar-refractivity contribution is 7.91. The van der Waals surface area contributed by atoms with Crippen LogP contribution in [0, 0.1) is 11.7 Å². The minimum absolute atomic E-state index is 0.0837. The van der Waals surface area contributed by atoms with E-state index in [2.05, 4.69) is 9.97 Å². The molecule has 0 saturated carbocycles. The SMILES string of the molecule is CCS(=O)(=O)CCn1c(=S)[nH]c2c(C)ccnc21. The fourth-order valence-electron chi connectivity index (χ4n) is 1.76. The molecule has 2 aromatic rings. The summed E-state index contributed by atoms with van der Waals surface area (Å²) in [5, 5.41) is 0. The van der Waals surface area contributed by atoms with Gasteiger partial charge in [0.05, 0.1) is 11.3 Å². The first kappa shape index (κ1) is 13.2. The van der Waals surface area contributed by atoms with E-state index in [0.29, 0.717) is 17.0 Å². The summed E-state index contributed by atoms with van der Waals surface area (Å²) in [5.41, 5.74) is 2.63. The lowest BCUT2D eigenvalue weighted by molar-refractivity contribution is 0.590. The number of nitrogens with zero attached hydrogens (tertiary/aromatic N) is 2. The molecule has 0 aliphatic carbocycles. The number of hydrogen-bond donors (Lipinski definition) is 1. The third kappa shape index (κ3) is 2.46. The van der Waals surface area contributed by atoms with E-state index in [1.807, 2.05) is 13.0 Å². The number of sulfone groups is 1. The third-order valence-electron chi connectivity index (χ3n) is 2.94. The van der Waals surface area contributed by atoms with Gasteiger partial charge >= 0.3 is 0 Å². The molecule has 2 heterocycles. The smallest absolute Gasteiger partial charge is 0.179 e. The Morgan fingerprint density at radius 3 is 2.89 bits per heavy atom. The van der Waals surface area contributed by atoms with Crippen LogP contribution in [0.4, 0.5) is 0 Å². The molecule has 0 spiro atoms. The molecule has 2 rings (SSSR count). The first-order valence-electron chi connectivity index (χ1n) is 5.69. The minimum Gasteiger partial charge on any atom is -0.329 e. The van der Waals surface area contributed by atoms with Crippen molar-refractivity contribution >= 4 is 33.2 Å². The van der Waals surface area contributed by atoms with Crippen molar-refractivity contribution in [2.24, 2.45) is 0 Å². The van der Waals surface area contributed by atoms with Crippen molar-refractivity contribution < 1.29 is 8.42 Å². The Bertz CT molecular complexity index is 728. The summed E-state index contributed by atoms with van der Waals surface area (Å²) in [6, 6.07) is 1.89. The maximum atomic E-state index is 11.5. The van der Waals surface area contributed by atoms with Gasteiger partial charge in [-0.25, -0.2) is 13.4 Å². The number of aromatic amines is 1. The van der Waals surface area contributed by atoms with Gasteiger partial charge in [0.2, 0.25) is 0 Å². The highest BCUT2D eigenvalue weighted by atomic mass is 32.2. The minimum atomic E-state index is -3.00. The van der Waals surface area contributed by atoms with Crippen LogP contribution in [0.25, 0.3) is 11.2 Å². The second kappa shape index (κ2) is 4.81. The van der Waals surface area contributed by atoms with Gasteiger partial charge in [-0.3, -0.25) is 0 Å². The van der Waals surface area contributed by atoms with Gasteiger partial charge in [-0.15, -0.1) is 0 Å². The van der Waals surface area contributed by atoms with Crippen LogP contribution in [0.3, 0.4) is 0 Å². The molecule has 0 aliphatic rings. The van der Waals surface area contributed by atoms with E-state index in [9.17, 15) is 8.42 Å². The first-order valence-corrected chi connectivity index (χ1v) is 7.92. The number of hydrogen-bond acceptors (Lipinski definition) is 4. The van der Waals surface area contributed by atoms with E-state index < -0.39 is 9.84 Å². The normalized spacial score (nSPS) is 12.1. The highest BCUT2D eigenvalue weighted by Gasteiger charge is 2.11. The summed E-state index contributed by atoms with van der Waals surface area (Å²) in [4.78, 5) is 7.33. The van der Waals surface area contributed by atoms with Crippen LogP contribution in [0.5, 0.6) is 0 Å². The zero-order valence-corrected chi connectivity index (χ0v) is 11.9. The van der Waals surface area contributed by atoms with Crippen molar-refractivity contribution in [1.82, 2.24) is 14.5 Å². The van der Waals surface area contributed by atoms with Gasteiger partial charge in [0.1, 0.15) is 0 Å². The first-order chi connectivity index (χ1) is 8.44. The Labute approximate surface area is 111 Å². The summed E-state index contributed by atoms with van der Waals surface area (Å²) < 4.78 is 25.3. The van der Waals surface area contributed by atoms with Crippen LogP contribution >= 0.6 is 12.2 Å². The monoisotopic (exact) mass is 285 g/mol. The molecule has 0 radical (unpaired) electrons. The summed E-state index contributed by atoms with van der Waals surface area (Å²) in [5.74, 6) is 0.232. The molecular weight excluding hydrogens is 270 g/mol. The van der Waals surface area contributed by atoms with Gasteiger partial charge in [0.25, 0.3) is 0 Å². The zero-order valence-electron chi connectivity index (χ0n) is 10.3. The molecule has 0 aliphatic heterocycles. The second-order valence-corrected chi connectivity index (χ2v) is 7.00. The van der Waals surface area contributed by atoms with Crippen molar-refractivity contribution in [3.05, 3.63) is 22.6 Å². The van der Waals surface area contributed by atoms with Gasteiger partial charge in [0.15, 0.2) is 20.3 Å². The predicted octanol–water partition coefficient (Wildman–Crippen LogP) is 1.84. The molecule has 0 amide bonds. The molecule has 1 N–H and O–H groups in total. The van der Waals surface area contributed by atoms with Crippen molar-refractivity contribution in [2.75, 3.05) is 11.5 Å². The van der Waals surface area contributed by atoms with Crippen LogP contribution in [0.2, 0.25) is 0 Å². The molecule has 0 atom stereocenters. The highest BCUT2D eigenvalue weighted by Crippen LogP contribution is 2.15. The van der Waals surface area contributed by atoms with Crippen LogP contribution in [0.15, 0.2) is 12.3 Å². The zero-order chi connectivity index (χ0) is 13.3. The van der Waals surface area contributed by atoms with Crippen molar-refractivity contribution in [3.63, 3.8) is 0 Å². The Balaban J connectivity index is 2.43. The van der Waals surface area contributed by atoms with Crippen molar-refractivity contribution in [2.45, 2.75) is 20.4 Å². The lowest BCUT2D eigenvalue weighted by atomic mass is 10.3. The van der Waals surface area contributed by atoms with Crippen molar-refractivity contribution in [3.8, 4) is 0 Å². The Kier molecular flexibility index (Phi) is 3.54. The van der Waals surface area contributed by atoms with Gasteiger partial charge in [0, 0.05) is 18.5 Å². The largest absolute Gasteiger partial charge is 0.329 e. The maximum Gasteiger partial charge on any atom is 0.179 e. The molecule has 18 heavy (non-hydrogen) atoms. The van der Waals surface area contributed by atoms with E-state index in [1.54, 1.807) is 17.7 Å². The van der Waals surface area contributed by atoms with Crippen LogP contribution in [0.1, 0.15) is 12.5 Å². The fourth-order valence-corrected chi connectivity index (χ4v) is 2.79. The average Bonchev–Trinajstić information content (AvgIpc) is 2.65. The maximum absolute atomic E-state index is 11.5. The molecule has 0 bridgehead atoms. The number of rotatable bonds is 4. The van der Waals surface area contributed by atoms with E-state index >= 15 is 0 Å². The third-order valence-corrected chi connectivity index (χ3v) is 4.94. The Morgan fingerprint density at radius 2 is 2.22 bits per heavy atom. The standard InChI is InChI=1S/C11H15N3O2S2/c1-3-18(15,16)7-6-14-10-9(13-11(14)17)8(2)4-5-12-10/h4-5H,3,6-7H2,1-2H3,(H,13,17). The van der Waals surface area contributed by atoms with Gasteiger partial charge < -0.3 is 9.55 Å². The molecular formula is C11H15N3O2S2. The second-order valence-electron chi connectivity index (χ2n) is 4.14. The Hall–Kier alpha value is -1.21. The number of nitrogens with one attached hydrogen (secondary N) is 1. The number of aryl methyl sites for hydroxylation is 2. The molecule has 98 valence electrons. The molecule has 5 nitrogen and oxygen atoms in total. The number of H-pyrrole nitrogens is 1. The molecule has 0 saturated heterocycles. The number of fused-ring (bicyclic) bond motifs is 1.